The SMILES string of the molecule is COc1ccccc1N1CCN(CCCNS(=O)(=O)c2ccc(F)c(C)c2)CC1. The fourth-order valence-electron chi connectivity index (χ4n) is 3.48. The zero-order valence-electron chi connectivity index (χ0n) is 16.9. The maximum absolute atomic E-state index is 13.3. The lowest BCUT2D eigenvalue weighted by Gasteiger charge is -2.36. The molecule has 1 heterocycles. The van der Waals surface area contributed by atoms with Crippen molar-refractivity contribution in [2.24, 2.45) is 0 Å². The van der Waals surface area contributed by atoms with E-state index in [0.29, 0.717) is 18.5 Å². The third-order valence-corrected chi connectivity index (χ3v) is 6.64. The van der Waals surface area contributed by atoms with Crippen LogP contribution in [0.4, 0.5) is 10.1 Å². The summed E-state index contributed by atoms with van der Waals surface area (Å²) in [6, 6.07) is 11.9. The zero-order chi connectivity index (χ0) is 20.9. The summed E-state index contributed by atoms with van der Waals surface area (Å²) in [5.41, 5.74) is 1.43. The molecule has 0 amide bonds. The van der Waals surface area contributed by atoms with Gasteiger partial charge in [-0.25, -0.2) is 17.5 Å². The van der Waals surface area contributed by atoms with Crippen LogP contribution in [0.5, 0.6) is 5.75 Å². The van der Waals surface area contributed by atoms with Gasteiger partial charge >= 0.3 is 0 Å². The lowest BCUT2D eigenvalue weighted by molar-refractivity contribution is 0.254. The molecule has 158 valence electrons. The Balaban J connectivity index is 1.43. The first kappa shape index (κ1) is 21.5. The van der Waals surface area contributed by atoms with Gasteiger partial charge in [0.25, 0.3) is 0 Å². The van der Waals surface area contributed by atoms with Gasteiger partial charge in [-0.1, -0.05) is 12.1 Å². The van der Waals surface area contributed by atoms with E-state index in [2.05, 4.69) is 20.6 Å². The first-order chi connectivity index (χ1) is 13.9. The van der Waals surface area contributed by atoms with Crippen LogP contribution in [-0.2, 0) is 10.0 Å². The average molecular weight is 422 g/mol. The molecule has 29 heavy (non-hydrogen) atoms. The standard InChI is InChI=1S/C21H28FN3O3S/c1-17-16-18(8-9-19(17)22)29(26,27)23-10-5-11-24-12-14-25(15-13-24)20-6-3-4-7-21(20)28-2/h3-4,6-9,16,23H,5,10-15H2,1-2H3. The molecule has 8 heteroatoms. The number of piperazine rings is 1. The van der Waals surface area contributed by atoms with E-state index in [0.717, 1.165) is 44.2 Å². The molecule has 1 fully saturated rings. The van der Waals surface area contributed by atoms with E-state index in [4.69, 9.17) is 4.74 Å². The van der Waals surface area contributed by atoms with Crippen molar-refractivity contribution >= 4 is 15.7 Å². The Morgan fingerprint density at radius 2 is 1.83 bits per heavy atom. The van der Waals surface area contributed by atoms with Crippen LogP contribution in [-0.4, -0.2) is 59.7 Å². The number of methoxy groups -OCH3 is 1. The molecule has 0 atom stereocenters. The second kappa shape index (κ2) is 9.56. The molecule has 2 aromatic carbocycles. The molecule has 2 aromatic rings. The van der Waals surface area contributed by atoms with E-state index in [-0.39, 0.29) is 4.90 Å². The van der Waals surface area contributed by atoms with Gasteiger partial charge in [0, 0.05) is 32.7 Å². The van der Waals surface area contributed by atoms with Gasteiger partial charge in [0.2, 0.25) is 10.0 Å². The second-order valence-corrected chi connectivity index (χ2v) is 8.93. The highest BCUT2D eigenvalue weighted by atomic mass is 32.2. The van der Waals surface area contributed by atoms with E-state index in [9.17, 15) is 12.8 Å². The topological polar surface area (TPSA) is 61.9 Å². The maximum atomic E-state index is 13.3. The predicted octanol–water partition coefficient (Wildman–Crippen LogP) is 2.63. The smallest absolute Gasteiger partial charge is 0.240 e. The van der Waals surface area contributed by atoms with Gasteiger partial charge in [-0.2, -0.15) is 0 Å². The fourth-order valence-corrected chi connectivity index (χ4v) is 4.64. The maximum Gasteiger partial charge on any atom is 0.240 e. The van der Waals surface area contributed by atoms with Crippen LogP contribution < -0.4 is 14.4 Å². The highest BCUT2D eigenvalue weighted by molar-refractivity contribution is 7.89. The summed E-state index contributed by atoms with van der Waals surface area (Å²) in [4.78, 5) is 4.75. The van der Waals surface area contributed by atoms with Crippen LogP contribution in [0.3, 0.4) is 0 Å². The largest absolute Gasteiger partial charge is 0.495 e. The van der Waals surface area contributed by atoms with Crippen molar-refractivity contribution in [3.8, 4) is 5.75 Å². The number of aryl methyl sites for hydroxylation is 1. The minimum Gasteiger partial charge on any atom is -0.495 e. The highest BCUT2D eigenvalue weighted by Gasteiger charge is 2.20. The summed E-state index contributed by atoms with van der Waals surface area (Å²) in [5, 5.41) is 0. The number of nitrogens with zero attached hydrogens (tertiary/aromatic N) is 2. The van der Waals surface area contributed by atoms with Crippen LogP contribution in [0, 0.1) is 12.7 Å². The zero-order valence-corrected chi connectivity index (χ0v) is 17.7. The molecule has 6 nitrogen and oxygen atoms in total. The van der Waals surface area contributed by atoms with Crippen LogP contribution in [0.2, 0.25) is 0 Å². The highest BCUT2D eigenvalue weighted by Crippen LogP contribution is 2.28. The molecule has 1 aliphatic heterocycles. The number of benzene rings is 2. The van der Waals surface area contributed by atoms with E-state index >= 15 is 0 Å². The third-order valence-electron chi connectivity index (χ3n) is 5.18. The number of ether oxygens (including phenoxy) is 1. The molecule has 0 radical (unpaired) electrons. The number of hydrogen-bond acceptors (Lipinski definition) is 5. The van der Waals surface area contributed by atoms with Gasteiger partial charge in [-0.3, -0.25) is 4.90 Å². The van der Waals surface area contributed by atoms with Crippen molar-refractivity contribution in [3.05, 3.63) is 53.8 Å². The normalized spacial score (nSPS) is 15.5. The molecule has 1 N–H and O–H groups in total. The number of nitrogens with one attached hydrogen (secondary N) is 1. The summed E-state index contributed by atoms with van der Waals surface area (Å²) in [6.07, 6.45) is 0.716. The minimum absolute atomic E-state index is 0.0989. The van der Waals surface area contributed by atoms with Gasteiger partial charge in [0.05, 0.1) is 17.7 Å². The Morgan fingerprint density at radius 1 is 1.10 bits per heavy atom. The van der Waals surface area contributed by atoms with Gasteiger partial charge < -0.3 is 9.64 Å². The van der Waals surface area contributed by atoms with Crippen molar-refractivity contribution < 1.29 is 17.5 Å². The van der Waals surface area contributed by atoms with Crippen LogP contribution >= 0.6 is 0 Å². The fraction of sp³-hybridized carbons (Fsp3) is 0.429. The summed E-state index contributed by atoms with van der Waals surface area (Å²) in [5.74, 6) is 0.475. The predicted molar refractivity (Wildman–Crippen MR) is 113 cm³/mol. The average Bonchev–Trinajstić information content (AvgIpc) is 2.73. The van der Waals surface area contributed by atoms with Crippen LogP contribution in [0.15, 0.2) is 47.4 Å². The van der Waals surface area contributed by atoms with E-state index in [1.165, 1.54) is 18.2 Å². The van der Waals surface area contributed by atoms with Crippen LogP contribution in [0.25, 0.3) is 0 Å². The first-order valence-corrected chi connectivity index (χ1v) is 11.2. The summed E-state index contributed by atoms with van der Waals surface area (Å²) >= 11 is 0. The molecular weight excluding hydrogens is 393 g/mol. The van der Waals surface area contributed by atoms with Crippen LogP contribution in [0.1, 0.15) is 12.0 Å². The Kier molecular flexibility index (Phi) is 7.10. The molecule has 0 bridgehead atoms. The summed E-state index contributed by atoms with van der Waals surface area (Å²) in [6.45, 7) is 6.38. The summed E-state index contributed by atoms with van der Waals surface area (Å²) in [7, 11) is -1.93. The number of para-hydroxylation sites is 2. The Morgan fingerprint density at radius 3 is 2.52 bits per heavy atom. The van der Waals surface area contributed by atoms with Gasteiger partial charge in [-0.05, 0) is 55.8 Å². The molecule has 0 aliphatic carbocycles. The minimum atomic E-state index is -3.61. The number of hydrogen-bond donors (Lipinski definition) is 1. The van der Waals surface area contributed by atoms with Crippen molar-refractivity contribution in [2.45, 2.75) is 18.2 Å². The molecular formula is C21H28FN3O3S. The Labute approximate surface area is 172 Å². The molecule has 3 rings (SSSR count). The van der Waals surface area contributed by atoms with Crippen molar-refractivity contribution in [1.29, 1.82) is 0 Å². The number of rotatable bonds is 8. The van der Waals surface area contributed by atoms with Gasteiger partial charge in [0.1, 0.15) is 11.6 Å². The van der Waals surface area contributed by atoms with Crippen molar-refractivity contribution in [1.82, 2.24) is 9.62 Å². The van der Waals surface area contributed by atoms with Crippen molar-refractivity contribution in [3.63, 3.8) is 0 Å². The first-order valence-electron chi connectivity index (χ1n) is 9.77. The van der Waals surface area contributed by atoms with E-state index in [1.54, 1.807) is 14.0 Å². The molecule has 0 saturated carbocycles. The second-order valence-electron chi connectivity index (χ2n) is 7.16. The molecule has 0 unspecified atom stereocenters. The third kappa shape index (κ3) is 5.46. The molecule has 0 spiro atoms. The Hall–Kier alpha value is -2.16. The lowest BCUT2D eigenvalue weighted by atomic mass is 10.2. The number of halogens is 1. The van der Waals surface area contributed by atoms with Crippen molar-refractivity contribution in [2.75, 3.05) is 51.3 Å². The molecule has 1 aliphatic rings. The van der Waals surface area contributed by atoms with E-state index < -0.39 is 15.8 Å². The van der Waals surface area contributed by atoms with Gasteiger partial charge in [-0.15, -0.1) is 0 Å². The molecule has 0 aromatic heterocycles. The monoisotopic (exact) mass is 421 g/mol. The number of sulfonamides is 1. The van der Waals surface area contributed by atoms with E-state index in [1.807, 2.05) is 18.2 Å². The Bertz CT molecular complexity index is 929. The summed E-state index contributed by atoms with van der Waals surface area (Å²) < 4.78 is 46.1. The molecule has 1 saturated heterocycles. The lowest BCUT2D eigenvalue weighted by Crippen LogP contribution is -2.47. The number of anilines is 1. The van der Waals surface area contributed by atoms with Gasteiger partial charge in [0.15, 0.2) is 0 Å². The quantitative estimate of drug-likeness (QED) is 0.664.